The summed E-state index contributed by atoms with van der Waals surface area (Å²) < 4.78 is 37.1. The second-order valence-corrected chi connectivity index (χ2v) is 12.0. The zero-order chi connectivity index (χ0) is 25.3. The molecular weight excluding hydrogens is 492 g/mol. The third-order valence-corrected chi connectivity index (χ3v) is 8.95. The lowest BCUT2D eigenvalue weighted by Gasteiger charge is -2.36. The number of hydrogen-bond donors (Lipinski definition) is 1. The molecule has 0 aliphatic carbocycles. The zero-order valence-corrected chi connectivity index (χ0v) is 22.0. The molecule has 0 amide bonds. The van der Waals surface area contributed by atoms with Gasteiger partial charge in [-0.15, -0.1) is 11.3 Å². The molecule has 0 radical (unpaired) electrons. The molecule has 8 heteroatoms. The molecule has 2 aliphatic rings. The molecule has 2 aromatic heterocycles. The van der Waals surface area contributed by atoms with Crippen LogP contribution in [0.4, 0.5) is 0 Å². The molecule has 2 aromatic carbocycles. The van der Waals surface area contributed by atoms with E-state index in [2.05, 4.69) is 52.6 Å². The molecule has 2 saturated heterocycles. The number of rotatable bonds is 4. The number of thiophene rings is 1. The van der Waals surface area contributed by atoms with E-state index in [1.54, 1.807) is 23.5 Å². The molecule has 1 unspecified atom stereocenters. The summed E-state index contributed by atoms with van der Waals surface area (Å²) in [7, 11) is -1.76. The minimum absolute atomic E-state index is 0.0666. The molecular formula is C28H30N2O4S2. The van der Waals surface area contributed by atoms with Crippen LogP contribution in [0.3, 0.4) is 0 Å². The zero-order valence-electron chi connectivity index (χ0n) is 20.4. The van der Waals surface area contributed by atoms with Crippen LogP contribution in [0.2, 0.25) is 0 Å². The van der Waals surface area contributed by atoms with Gasteiger partial charge < -0.3 is 9.64 Å². The highest BCUT2D eigenvalue weighted by atomic mass is 32.2. The number of pyridine rings is 1. The Kier molecular flexibility index (Phi) is 7.12. The number of hydrogen-bond acceptors (Lipinski definition) is 6. The van der Waals surface area contributed by atoms with E-state index in [1.807, 2.05) is 19.2 Å². The summed E-state index contributed by atoms with van der Waals surface area (Å²) in [4.78, 5) is 7.05. The Bertz CT molecular complexity index is 1420. The Hall–Kier alpha value is -2.78. The molecule has 6 rings (SSSR count). The van der Waals surface area contributed by atoms with Gasteiger partial charge in [-0.05, 0) is 92.4 Å². The summed E-state index contributed by atoms with van der Waals surface area (Å²) in [6.45, 7) is 1.84. The molecule has 1 N–H and O–H groups in total. The summed E-state index contributed by atoms with van der Waals surface area (Å²) in [5.41, 5.74) is 3.31. The topological polar surface area (TPSA) is 79.7 Å². The van der Waals surface area contributed by atoms with E-state index >= 15 is 0 Å². The summed E-state index contributed by atoms with van der Waals surface area (Å²) in [6.07, 6.45) is 7.15. The SMILES string of the molecule is CN1[C@@H]2CC[C@H]1CC(Oc1ccc(-c3ccc4sccc4c3)cn1)C2.Cc1ccc(S(=O)(=O)O)cc1. The predicted molar refractivity (Wildman–Crippen MR) is 144 cm³/mol. The number of benzene rings is 2. The van der Waals surface area contributed by atoms with Crippen molar-refractivity contribution in [3.63, 3.8) is 0 Å². The van der Waals surface area contributed by atoms with Crippen molar-refractivity contribution < 1.29 is 17.7 Å². The molecule has 4 aromatic rings. The maximum absolute atomic E-state index is 10.5. The monoisotopic (exact) mass is 522 g/mol. The minimum Gasteiger partial charge on any atom is -0.474 e. The first-order valence-corrected chi connectivity index (χ1v) is 14.4. The molecule has 3 atom stereocenters. The van der Waals surface area contributed by atoms with Crippen LogP contribution in [0, 0.1) is 6.92 Å². The third-order valence-electron chi connectivity index (χ3n) is 7.18. The summed E-state index contributed by atoms with van der Waals surface area (Å²) >= 11 is 1.78. The van der Waals surface area contributed by atoms with Gasteiger partial charge in [-0.2, -0.15) is 8.42 Å². The summed E-state index contributed by atoms with van der Waals surface area (Å²) in [5.74, 6) is 0.759. The van der Waals surface area contributed by atoms with Gasteiger partial charge in [0.05, 0.1) is 4.90 Å². The molecule has 36 heavy (non-hydrogen) atoms. The van der Waals surface area contributed by atoms with E-state index in [9.17, 15) is 8.42 Å². The molecule has 2 bridgehead atoms. The highest BCUT2D eigenvalue weighted by molar-refractivity contribution is 7.85. The van der Waals surface area contributed by atoms with E-state index in [-0.39, 0.29) is 4.90 Å². The number of piperidine rings is 1. The van der Waals surface area contributed by atoms with Crippen LogP contribution in [0.25, 0.3) is 21.2 Å². The van der Waals surface area contributed by atoms with Gasteiger partial charge in [0.2, 0.25) is 5.88 Å². The van der Waals surface area contributed by atoms with Gasteiger partial charge in [-0.25, -0.2) is 4.98 Å². The van der Waals surface area contributed by atoms with Crippen molar-refractivity contribution in [3.8, 4) is 17.0 Å². The fraction of sp³-hybridized carbons (Fsp3) is 0.321. The first-order valence-electron chi connectivity index (χ1n) is 12.1. The van der Waals surface area contributed by atoms with Gasteiger partial charge in [-0.3, -0.25) is 4.55 Å². The highest BCUT2D eigenvalue weighted by Gasteiger charge is 2.39. The second kappa shape index (κ2) is 10.3. The largest absolute Gasteiger partial charge is 0.474 e. The average Bonchev–Trinajstić information content (AvgIpc) is 3.39. The quantitative estimate of drug-likeness (QED) is 0.321. The third kappa shape index (κ3) is 5.62. The Morgan fingerprint density at radius 1 is 0.972 bits per heavy atom. The van der Waals surface area contributed by atoms with Crippen LogP contribution in [-0.2, 0) is 10.1 Å². The Labute approximate surface area is 216 Å². The molecule has 0 spiro atoms. The molecule has 0 saturated carbocycles. The van der Waals surface area contributed by atoms with E-state index in [1.165, 1.54) is 40.6 Å². The predicted octanol–water partition coefficient (Wildman–Crippen LogP) is 6.21. The number of ether oxygens (including phenoxy) is 1. The Morgan fingerprint density at radius 2 is 1.67 bits per heavy atom. The standard InChI is InChI=1S/C21H22N2OS.C7H8O3S/c1-23-17-4-5-18(23)12-19(11-17)24-21-7-3-16(13-22-21)14-2-6-20-15(10-14)8-9-25-20;1-6-2-4-7(5-3-6)11(8,9)10/h2-3,6-10,13,17-19H,4-5,11-12H2,1H3;2-5H,1H3,(H,8,9,10)/t17-,18+,19?;. The average molecular weight is 523 g/mol. The normalized spacial score (nSPS) is 21.7. The summed E-state index contributed by atoms with van der Waals surface area (Å²) in [5, 5.41) is 3.43. The minimum atomic E-state index is -4.02. The van der Waals surface area contributed by atoms with Crippen molar-refractivity contribution in [2.75, 3.05) is 7.05 Å². The van der Waals surface area contributed by atoms with Gasteiger partial charge >= 0.3 is 0 Å². The van der Waals surface area contributed by atoms with Crippen LogP contribution in [0.5, 0.6) is 5.88 Å². The van der Waals surface area contributed by atoms with Crippen LogP contribution < -0.4 is 4.74 Å². The van der Waals surface area contributed by atoms with Crippen LogP contribution in [-0.4, -0.2) is 48.1 Å². The molecule has 6 nitrogen and oxygen atoms in total. The van der Waals surface area contributed by atoms with Crippen molar-refractivity contribution in [1.29, 1.82) is 0 Å². The van der Waals surface area contributed by atoms with Crippen LogP contribution in [0.1, 0.15) is 31.2 Å². The van der Waals surface area contributed by atoms with Gasteiger partial charge in [0.25, 0.3) is 10.1 Å². The van der Waals surface area contributed by atoms with Crippen LogP contribution >= 0.6 is 11.3 Å². The molecule has 188 valence electrons. The molecule has 2 aliphatic heterocycles. The molecule has 4 heterocycles. The van der Waals surface area contributed by atoms with Crippen LogP contribution in [0.15, 0.2) is 77.1 Å². The van der Waals surface area contributed by atoms with E-state index in [0.29, 0.717) is 18.2 Å². The van der Waals surface area contributed by atoms with Crippen molar-refractivity contribution in [2.45, 2.75) is 55.7 Å². The maximum atomic E-state index is 10.5. The highest BCUT2D eigenvalue weighted by Crippen LogP contribution is 2.36. The Morgan fingerprint density at radius 3 is 2.31 bits per heavy atom. The maximum Gasteiger partial charge on any atom is 0.294 e. The van der Waals surface area contributed by atoms with E-state index in [4.69, 9.17) is 9.29 Å². The fourth-order valence-electron chi connectivity index (χ4n) is 5.11. The smallest absolute Gasteiger partial charge is 0.294 e. The van der Waals surface area contributed by atoms with Crippen molar-refractivity contribution in [2.24, 2.45) is 0 Å². The second-order valence-electron chi connectivity index (χ2n) is 9.61. The van der Waals surface area contributed by atoms with Crippen molar-refractivity contribution in [1.82, 2.24) is 9.88 Å². The number of aromatic nitrogens is 1. The van der Waals surface area contributed by atoms with E-state index in [0.717, 1.165) is 29.8 Å². The fourth-order valence-corrected chi connectivity index (χ4v) is 6.36. The van der Waals surface area contributed by atoms with Gasteiger partial charge in [0.1, 0.15) is 6.10 Å². The van der Waals surface area contributed by atoms with Crippen molar-refractivity contribution in [3.05, 3.63) is 77.8 Å². The Balaban J connectivity index is 0.000000205. The summed E-state index contributed by atoms with van der Waals surface area (Å²) in [6, 6.07) is 20.3. The van der Waals surface area contributed by atoms with E-state index < -0.39 is 10.1 Å². The van der Waals surface area contributed by atoms with Gasteiger partial charge in [0.15, 0.2) is 0 Å². The number of aryl methyl sites for hydroxylation is 1. The number of fused-ring (bicyclic) bond motifs is 3. The lowest BCUT2D eigenvalue weighted by molar-refractivity contribution is 0.0633. The first kappa shape index (κ1) is 24.9. The lowest BCUT2D eigenvalue weighted by Crippen LogP contribution is -2.43. The lowest BCUT2D eigenvalue weighted by atomic mass is 10.0. The van der Waals surface area contributed by atoms with Gasteiger partial charge in [-0.1, -0.05) is 23.8 Å². The van der Waals surface area contributed by atoms with Crippen molar-refractivity contribution >= 4 is 31.5 Å². The number of nitrogens with zero attached hydrogens (tertiary/aromatic N) is 2. The first-order chi connectivity index (χ1) is 17.3. The van der Waals surface area contributed by atoms with Gasteiger partial charge in [0, 0.05) is 34.6 Å². The molecule has 2 fully saturated rings.